The van der Waals surface area contributed by atoms with E-state index in [1.807, 2.05) is 24.3 Å². The first-order chi connectivity index (χ1) is 10.5. The van der Waals surface area contributed by atoms with Crippen LogP contribution < -0.4 is 5.32 Å². The molecule has 1 amide bonds. The van der Waals surface area contributed by atoms with Gasteiger partial charge in [0.25, 0.3) is 5.91 Å². The Labute approximate surface area is 125 Å². The van der Waals surface area contributed by atoms with Crippen LogP contribution in [0.5, 0.6) is 0 Å². The maximum absolute atomic E-state index is 13.6. The van der Waals surface area contributed by atoms with Gasteiger partial charge >= 0.3 is 5.97 Å². The van der Waals surface area contributed by atoms with E-state index in [0.29, 0.717) is 0 Å². The predicted molar refractivity (Wildman–Crippen MR) is 75.9 cm³/mol. The Morgan fingerprint density at radius 2 is 1.82 bits per heavy atom. The number of rotatable bonds is 3. The number of carbonyl (C=O) groups is 2. The summed E-state index contributed by atoms with van der Waals surface area (Å²) in [6.45, 7) is 0. The molecule has 1 heterocycles. The lowest BCUT2D eigenvalue weighted by Gasteiger charge is -2.25. The zero-order chi connectivity index (χ0) is 15.7. The Morgan fingerprint density at radius 3 is 2.36 bits per heavy atom. The molecule has 2 aromatic rings. The largest absolute Gasteiger partial charge is 0.479 e. The Morgan fingerprint density at radius 1 is 1.18 bits per heavy atom. The van der Waals surface area contributed by atoms with Crippen LogP contribution in [0.25, 0.3) is 0 Å². The molecule has 1 aromatic heterocycles. The van der Waals surface area contributed by atoms with Crippen LogP contribution >= 0.6 is 0 Å². The van der Waals surface area contributed by atoms with Crippen molar-refractivity contribution in [3.8, 4) is 0 Å². The van der Waals surface area contributed by atoms with E-state index in [1.54, 1.807) is 0 Å². The molecule has 0 bridgehead atoms. The van der Waals surface area contributed by atoms with Crippen molar-refractivity contribution in [2.24, 2.45) is 0 Å². The summed E-state index contributed by atoms with van der Waals surface area (Å²) in [5.41, 5.74) is 0.0867. The molecule has 0 saturated carbocycles. The summed E-state index contributed by atoms with van der Waals surface area (Å²) in [6.07, 6.45) is 2.56. The Hall–Kier alpha value is -2.76. The number of fused-ring (bicyclic) bond motifs is 1. The van der Waals surface area contributed by atoms with Crippen LogP contribution in [0.4, 0.5) is 4.39 Å². The molecule has 0 unspecified atom stereocenters. The van der Waals surface area contributed by atoms with Crippen molar-refractivity contribution in [3.05, 3.63) is 65.2 Å². The first kappa shape index (κ1) is 14.2. The molecule has 6 heteroatoms. The molecule has 0 spiro atoms. The van der Waals surface area contributed by atoms with Gasteiger partial charge in [0.1, 0.15) is 5.54 Å². The summed E-state index contributed by atoms with van der Waals surface area (Å²) in [5.74, 6) is -2.67. The minimum Gasteiger partial charge on any atom is -0.479 e. The standard InChI is InChI=1S/C16H13FN2O3/c17-13-9-18-6-5-12(13)14(20)19-16(15(21)22)7-10-3-1-2-4-11(10)8-16/h1-6,9H,7-8H2,(H,19,20)(H,21,22). The number of nitrogens with zero attached hydrogens (tertiary/aromatic N) is 1. The minimum absolute atomic E-state index is 0.178. The molecule has 1 aliphatic carbocycles. The number of nitrogens with one attached hydrogen (secondary N) is 1. The highest BCUT2D eigenvalue weighted by Crippen LogP contribution is 2.30. The summed E-state index contributed by atoms with van der Waals surface area (Å²) < 4.78 is 13.6. The van der Waals surface area contributed by atoms with Crippen molar-refractivity contribution in [1.82, 2.24) is 10.3 Å². The summed E-state index contributed by atoms with van der Waals surface area (Å²) >= 11 is 0. The van der Waals surface area contributed by atoms with E-state index in [-0.39, 0.29) is 18.4 Å². The zero-order valence-corrected chi connectivity index (χ0v) is 11.5. The molecule has 1 aliphatic rings. The van der Waals surface area contributed by atoms with Gasteiger partial charge in [0.05, 0.1) is 11.8 Å². The van der Waals surface area contributed by atoms with Gasteiger partial charge in [-0.15, -0.1) is 0 Å². The van der Waals surface area contributed by atoms with Gasteiger partial charge < -0.3 is 10.4 Å². The highest BCUT2D eigenvalue weighted by molar-refractivity contribution is 5.98. The van der Waals surface area contributed by atoms with Crippen molar-refractivity contribution in [2.75, 3.05) is 0 Å². The minimum atomic E-state index is -1.45. The third-order valence-corrected chi connectivity index (χ3v) is 3.88. The van der Waals surface area contributed by atoms with E-state index < -0.39 is 23.2 Å². The fraction of sp³-hybridized carbons (Fsp3) is 0.188. The number of aliphatic carboxylic acids is 1. The van der Waals surface area contributed by atoms with Crippen molar-refractivity contribution in [1.29, 1.82) is 0 Å². The Bertz CT molecular complexity index is 736. The Kier molecular flexibility index (Phi) is 3.36. The molecule has 0 saturated heterocycles. The van der Waals surface area contributed by atoms with E-state index in [9.17, 15) is 19.1 Å². The van der Waals surface area contributed by atoms with Gasteiger partial charge in [-0.25, -0.2) is 9.18 Å². The van der Waals surface area contributed by atoms with Crippen LogP contribution in [-0.2, 0) is 17.6 Å². The average Bonchev–Trinajstić information content (AvgIpc) is 2.87. The fourth-order valence-corrected chi connectivity index (χ4v) is 2.75. The molecule has 5 nitrogen and oxygen atoms in total. The molecule has 112 valence electrons. The average molecular weight is 300 g/mol. The molecular formula is C16H13FN2O3. The highest BCUT2D eigenvalue weighted by atomic mass is 19.1. The summed E-state index contributed by atoms with van der Waals surface area (Å²) in [6, 6.07) is 8.53. The molecule has 1 aromatic carbocycles. The lowest BCUT2D eigenvalue weighted by atomic mass is 9.95. The van der Waals surface area contributed by atoms with Crippen LogP contribution in [0.3, 0.4) is 0 Å². The molecule has 2 N–H and O–H groups in total. The molecule has 0 radical (unpaired) electrons. The summed E-state index contributed by atoms with van der Waals surface area (Å²) in [4.78, 5) is 27.5. The van der Waals surface area contributed by atoms with Gasteiger partial charge in [-0.05, 0) is 17.2 Å². The maximum Gasteiger partial charge on any atom is 0.330 e. The number of carboxylic acid groups (broad SMARTS) is 1. The number of hydrogen-bond donors (Lipinski definition) is 2. The number of aromatic nitrogens is 1. The monoisotopic (exact) mass is 300 g/mol. The number of carbonyl (C=O) groups excluding carboxylic acids is 1. The lowest BCUT2D eigenvalue weighted by Crippen LogP contribution is -2.55. The van der Waals surface area contributed by atoms with Crippen LogP contribution in [0.2, 0.25) is 0 Å². The number of amides is 1. The zero-order valence-electron chi connectivity index (χ0n) is 11.5. The highest BCUT2D eigenvalue weighted by Gasteiger charge is 2.45. The quantitative estimate of drug-likeness (QED) is 0.902. The third kappa shape index (κ3) is 2.32. The first-order valence-corrected chi connectivity index (χ1v) is 6.74. The van der Waals surface area contributed by atoms with Crippen LogP contribution in [0.1, 0.15) is 21.5 Å². The topological polar surface area (TPSA) is 79.3 Å². The van der Waals surface area contributed by atoms with Crippen molar-refractivity contribution >= 4 is 11.9 Å². The van der Waals surface area contributed by atoms with Crippen LogP contribution in [-0.4, -0.2) is 27.5 Å². The second-order valence-corrected chi connectivity index (χ2v) is 5.32. The second kappa shape index (κ2) is 5.22. The molecule has 3 rings (SSSR count). The van der Waals surface area contributed by atoms with Gasteiger partial charge in [-0.2, -0.15) is 0 Å². The second-order valence-electron chi connectivity index (χ2n) is 5.32. The fourth-order valence-electron chi connectivity index (χ4n) is 2.75. The van der Waals surface area contributed by atoms with Gasteiger partial charge in [0.15, 0.2) is 5.82 Å². The maximum atomic E-state index is 13.6. The molecule has 0 aliphatic heterocycles. The van der Waals surface area contributed by atoms with E-state index in [4.69, 9.17) is 0 Å². The lowest BCUT2D eigenvalue weighted by molar-refractivity contribution is -0.144. The van der Waals surface area contributed by atoms with Gasteiger partial charge in [0.2, 0.25) is 0 Å². The van der Waals surface area contributed by atoms with Crippen molar-refractivity contribution < 1.29 is 19.1 Å². The van der Waals surface area contributed by atoms with E-state index in [0.717, 1.165) is 17.3 Å². The van der Waals surface area contributed by atoms with Gasteiger partial charge in [-0.3, -0.25) is 9.78 Å². The third-order valence-electron chi connectivity index (χ3n) is 3.88. The van der Waals surface area contributed by atoms with E-state index >= 15 is 0 Å². The SMILES string of the molecule is O=C(NC1(C(=O)O)Cc2ccccc2C1)c1ccncc1F. The smallest absolute Gasteiger partial charge is 0.330 e. The van der Waals surface area contributed by atoms with Crippen molar-refractivity contribution in [2.45, 2.75) is 18.4 Å². The molecule has 0 atom stereocenters. The normalized spacial score (nSPS) is 15.1. The van der Waals surface area contributed by atoms with Crippen LogP contribution in [0.15, 0.2) is 42.7 Å². The van der Waals surface area contributed by atoms with Crippen LogP contribution in [0, 0.1) is 5.82 Å². The summed E-state index contributed by atoms with van der Waals surface area (Å²) in [5, 5.41) is 12.1. The predicted octanol–water partition coefficient (Wildman–Crippen LogP) is 1.57. The molecular weight excluding hydrogens is 287 g/mol. The van der Waals surface area contributed by atoms with Crippen molar-refractivity contribution in [3.63, 3.8) is 0 Å². The number of hydrogen-bond acceptors (Lipinski definition) is 3. The number of benzene rings is 1. The Balaban J connectivity index is 1.90. The first-order valence-electron chi connectivity index (χ1n) is 6.74. The van der Waals surface area contributed by atoms with Gasteiger partial charge in [-0.1, -0.05) is 24.3 Å². The molecule has 0 fully saturated rings. The number of halogens is 1. The summed E-state index contributed by atoms with van der Waals surface area (Å²) in [7, 11) is 0. The molecule has 22 heavy (non-hydrogen) atoms. The number of pyridine rings is 1. The van der Waals surface area contributed by atoms with E-state index in [1.165, 1.54) is 12.3 Å². The number of carboxylic acids is 1. The van der Waals surface area contributed by atoms with Gasteiger partial charge in [0, 0.05) is 19.0 Å². The van der Waals surface area contributed by atoms with E-state index in [2.05, 4.69) is 10.3 Å².